The summed E-state index contributed by atoms with van der Waals surface area (Å²) in [5.74, 6) is 4.07. The van der Waals surface area contributed by atoms with Crippen LogP contribution in [0.15, 0.2) is 66.7 Å². The molecule has 0 heterocycles. The third-order valence-corrected chi connectivity index (χ3v) is 4.87. The summed E-state index contributed by atoms with van der Waals surface area (Å²) >= 11 is 0. The van der Waals surface area contributed by atoms with Gasteiger partial charge in [0.2, 0.25) is 5.75 Å². The van der Waals surface area contributed by atoms with Crippen molar-refractivity contribution in [2.45, 2.75) is 6.61 Å². The number of hydrogen-bond acceptors (Lipinski definition) is 7. The Bertz CT molecular complexity index is 972. The zero-order valence-electron chi connectivity index (χ0n) is 19.3. The van der Waals surface area contributed by atoms with Crippen LogP contribution in [0.3, 0.4) is 0 Å². The summed E-state index contributed by atoms with van der Waals surface area (Å²) in [6, 6.07) is 21.0. The fraction of sp³-hybridized carbons (Fsp3) is 0.308. The number of methoxy groups -OCH3 is 3. The lowest BCUT2D eigenvalue weighted by Crippen LogP contribution is -2.26. The Morgan fingerprint density at radius 3 is 1.70 bits per heavy atom. The summed E-state index contributed by atoms with van der Waals surface area (Å²) in [6.07, 6.45) is 0. The first-order valence-electron chi connectivity index (χ1n) is 10.8. The molecule has 0 bridgehead atoms. The minimum absolute atomic E-state index is 0.395. The standard InChI is InChI=1S/C26H31NO6/c1-28-21-10-5-4-9-20(21)19-33-23-12-7-6-11-22(23)31-17-15-27-16-18-32-26-24(29-2)13-8-14-25(26)30-3/h4-14,27H,15-19H2,1-3H3. The number of rotatable bonds is 14. The van der Waals surface area contributed by atoms with Crippen LogP contribution < -0.4 is 33.7 Å². The summed E-state index contributed by atoms with van der Waals surface area (Å²) in [6.45, 7) is 2.67. The van der Waals surface area contributed by atoms with Crippen molar-refractivity contribution in [1.29, 1.82) is 0 Å². The van der Waals surface area contributed by atoms with Gasteiger partial charge in [-0.1, -0.05) is 36.4 Å². The Kier molecular flexibility index (Phi) is 9.54. The number of benzene rings is 3. The average molecular weight is 454 g/mol. The maximum atomic E-state index is 5.98. The predicted molar refractivity (Wildman–Crippen MR) is 127 cm³/mol. The highest BCUT2D eigenvalue weighted by molar-refractivity contribution is 5.51. The molecule has 1 N–H and O–H groups in total. The minimum atomic E-state index is 0.395. The van der Waals surface area contributed by atoms with E-state index in [4.69, 9.17) is 28.4 Å². The molecule has 7 heteroatoms. The Morgan fingerprint density at radius 1 is 0.545 bits per heavy atom. The van der Waals surface area contributed by atoms with Crippen LogP contribution in [0.2, 0.25) is 0 Å². The van der Waals surface area contributed by atoms with Crippen LogP contribution in [0.4, 0.5) is 0 Å². The van der Waals surface area contributed by atoms with Crippen LogP contribution in [0.25, 0.3) is 0 Å². The van der Waals surface area contributed by atoms with Crippen molar-refractivity contribution in [3.63, 3.8) is 0 Å². The van der Waals surface area contributed by atoms with Gasteiger partial charge >= 0.3 is 0 Å². The van der Waals surface area contributed by atoms with Crippen molar-refractivity contribution in [1.82, 2.24) is 5.32 Å². The summed E-state index contributed by atoms with van der Waals surface area (Å²) in [5.41, 5.74) is 0.975. The van der Waals surface area contributed by atoms with E-state index in [1.165, 1.54) is 0 Å². The van der Waals surface area contributed by atoms with Gasteiger partial charge in [-0.25, -0.2) is 0 Å². The van der Waals surface area contributed by atoms with Gasteiger partial charge in [0.25, 0.3) is 0 Å². The lowest BCUT2D eigenvalue weighted by atomic mass is 10.2. The van der Waals surface area contributed by atoms with Crippen LogP contribution >= 0.6 is 0 Å². The van der Waals surface area contributed by atoms with Crippen LogP contribution in [0.5, 0.6) is 34.5 Å². The Morgan fingerprint density at radius 2 is 1.06 bits per heavy atom. The van der Waals surface area contributed by atoms with Gasteiger partial charge in [-0.15, -0.1) is 0 Å². The van der Waals surface area contributed by atoms with Crippen molar-refractivity contribution in [3.8, 4) is 34.5 Å². The van der Waals surface area contributed by atoms with Gasteiger partial charge in [0.1, 0.15) is 25.6 Å². The molecule has 3 aromatic carbocycles. The van der Waals surface area contributed by atoms with E-state index in [0.29, 0.717) is 61.7 Å². The molecule has 0 saturated heterocycles. The first-order chi connectivity index (χ1) is 16.3. The van der Waals surface area contributed by atoms with E-state index in [0.717, 1.165) is 11.3 Å². The first kappa shape index (κ1) is 24.1. The molecule has 3 aromatic rings. The number of nitrogens with one attached hydrogen (secondary N) is 1. The Labute approximate surface area is 195 Å². The molecule has 176 valence electrons. The highest BCUT2D eigenvalue weighted by atomic mass is 16.5. The lowest BCUT2D eigenvalue weighted by Gasteiger charge is -2.15. The second-order valence-electron chi connectivity index (χ2n) is 6.99. The fourth-order valence-electron chi connectivity index (χ4n) is 3.21. The SMILES string of the molecule is COc1ccccc1COc1ccccc1OCCNCCOc1c(OC)cccc1OC. The molecule has 0 atom stereocenters. The molecule has 0 fully saturated rings. The van der Waals surface area contributed by atoms with E-state index in [9.17, 15) is 0 Å². The smallest absolute Gasteiger partial charge is 0.203 e. The second-order valence-corrected chi connectivity index (χ2v) is 6.99. The molecule has 0 aliphatic rings. The molecule has 0 aromatic heterocycles. The fourth-order valence-corrected chi connectivity index (χ4v) is 3.21. The zero-order valence-corrected chi connectivity index (χ0v) is 19.3. The molecule has 7 nitrogen and oxygen atoms in total. The topological polar surface area (TPSA) is 67.4 Å². The van der Waals surface area contributed by atoms with Crippen molar-refractivity contribution in [3.05, 3.63) is 72.3 Å². The van der Waals surface area contributed by atoms with E-state index in [2.05, 4.69) is 5.32 Å². The van der Waals surface area contributed by atoms with Gasteiger partial charge in [-0.3, -0.25) is 0 Å². The molecular formula is C26H31NO6. The maximum absolute atomic E-state index is 5.98. The van der Waals surface area contributed by atoms with Gasteiger partial charge in [-0.05, 0) is 30.3 Å². The summed E-state index contributed by atoms with van der Waals surface area (Å²) in [4.78, 5) is 0. The molecule has 0 aliphatic carbocycles. The lowest BCUT2D eigenvalue weighted by molar-refractivity contribution is 0.250. The van der Waals surface area contributed by atoms with Crippen LogP contribution in [0.1, 0.15) is 5.56 Å². The molecule has 0 aliphatic heterocycles. The van der Waals surface area contributed by atoms with E-state index >= 15 is 0 Å². The molecular weight excluding hydrogens is 422 g/mol. The molecule has 0 amide bonds. The van der Waals surface area contributed by atoms with Crippen LogP contribution in [0, 0.1) is 0 Å². The summed E-state index contributed by atoms with van der Waals surface area (Å²) < 4.78 is 33.8. The van der Waals surface area contributed by atoms with Gasteiger partial charge in [0.15, 0.2) is 23.0 Å². The largest absolute Gasteiger partial charge is 0.496 e. The minimum Gasteiger partial charge on any atom is -0.496 e. The molecule has 3 rings (SSSR count). The average Bonchev–Trinajstić information content (AvgIpc) is 2.87. The van der Waals surface area contributed by atoms with Crippen molar-refractivity contribution in [2.75, 3.05) is 47.6 Å². The van der Waals surface area contributed by atoms with Crippen molar-refractivity contribution < 1.29 is 28.4 Å². The molecule has 33 heavy (non-hydrogen) atoms. The number of ether oxygens (including phenoxy) is 6. The third kappa shape index (κ3) is 6.95. The van der Waals surface area contributed by atoms with Gasteiger partial charge in [-0.2, -0.15) is 0 Å². The molecule has 0 saturated carbocycles. The Balaban J connectivity index is 1.41. The normalized spacial score (nSPS) is 10.4. The van der Waals surface area contributed by atoms with Crippen LogP contribution in [-0.2, 0) is 6.61 Å². The molecule has 0 radical (unpaired) electrons. The van der Waals surface area contributed by atoms with Gasteiger partial charge in [0, 0.05) is 18.7 Å². The number of para-hydroxylation sites is 4. The van der Waals surface area contributed by atoms with E-state index in [1.807, 2.05) is 66.7 Å². The summed E-state index contributed by atoms with van der Waals surface area (Å²) in [7, 11) is 4.87. The monoisotopic (exact) mass is 453 g/mol. The maximum Gasteiger partial charge on any atom is 0.203 e. The molecule has 0 unspecified atom stereocenters. The summed E-state index contributed by atoms with van der Waals surface area (Å²) in [5, 5.41) is 3.30. The van der Waals surface area contributed by atoms with E-state index in [-0.39, 0.29) is 0 Å². The first-order valence-corrected chi connectivity index (χ1v) is 10.8. The predicted octanol–water partition coefficient (Wildman–Crippen LogP) is 4.34. The zero-order chi connectivity index (χ0) is 23.3. The molecule has 0 spiro atoms. The van der Waals surface area contributed by atoms with E-state index in [1.54, 1.807) is 21.3 Å². The van der Waals surface area contributed by atoms with Crippen LogP contribution in [-0.4, -0.2) is 47.6 Å². The van der Waals surface area contributed by atoms with Crippen molar-refractivity contribution in [2.24, 2.45) is 0 Å². The third-order valence-electron chi connectivity index (χ3n) is 4.87. The van der Waals surface area contributed by atoms with Gasteiger partial charge in [0.05, 0.1) is 21.3 Å². The van der Waals surface area contributed by atoms with Gasteiger partial charge < -0.3 is 33.7 Å². The highest BCUT2D eigenvalue weighted by Crippen LogP contribution is 2.36. The van der Waals surface area contributed by atoms with Crippen molar-refractivity contribution >= 4 is 0 Å². The number of hydrogen-bond donors (Lipinski definition) is 1. The highest BCUT2D eigenvalue weighted by Gasteiger charge is 2.11. The van der Waals surface area contributed by atoms with E-state index < -0.39 is 0 Å². The Hall–Kier alpha value is -3.58. The quantitative estimate of drug-likeness (QED) is 0.364. The second kappa shape index (κ2) is 13.1.